The Hall–Kier alpha value is -1.88. The van der Waals surface area contributed by atoms with E-state index in [0.717, 1.165) is 4.47 Å². The first-order valence-corrected chi connectivity index (χ1v) is 7.21. The van der Waals surface area contributed by atoms with Gasteiger partial charge in [0.05, 0.1) is 18.7 Å². The lowest BCUT2D eigenvalue weighted by Gasteiger charge is -2.15. The third-order valence-electron chi connectivity index (χ3n) is 3.14. The number of rotatable bonds is 4. The number of carbonyl (C=O) groups is 1. The molecule has 0 saturated heterocycles. The molecule has 3 nitrogen and oxygen atoms in total. The van der Waals surface area contributed by atoms with Gasteiger partial charge in [-0.15, -0.1) is 0 Å². The van der Waals surface area contributed by atoms with Crippen LogP contribution in [-0.4, -0.2) is 13.0 Å². The van der Waals surface area contributed by atoms with Crippen LogP contribution in [0, 0.1) is 5.82 Å². The zero-order chi connectivity index (χ0) is 15.4. The van der Waals surface area contributed by atoms with E-state index in [2.05, 4.69) is 21.2 Å². The van der Waals surface area contributed by atoms with Gasteiger partial charge < -0.3 is 10.1 Å². The van der Waals surface area contributed by atoms with Crippen molar-refractivity contribution in [3.05, 3.63) is 63.9 Å². The minimum atomic E-state index is -0.447. The molecular formula is C16H15BrFNO2. The van der Waals surface area contributed by atoms with Crippen molar-refractivity contribution in [2.45, 2.75) is 13.0 Å². The summed E-state index contributed by atoms with van der Waals surface area (Å²) in [6, 6.07) is 11.5. The van der Waals surface area contributed by atoms with E-state index in [-0.39, 0.29) is 17.7 Å². The first-order chi connectivity index (χ1) is 10.0. The van der Waals surface area contributed by atoms with Crippen LogP contribution in [0.5, 0.6) is 5.75 Å². The van der Waals surface area contributed by atoms with Gasteiger partial charge >= 0.3 is 0 Å². The topological polar surface area (TPSA) is 38.3 Å². The Morgan fingerprint density at radius 3 is 2.62 bits per heavy atom. The molecule has 0 aliphatic rings. The van der Waals surface area contributed by atoms with Crippen LogP contribution in [0.25, 0.3) is 0 Å². The van der Waals surface area contributed by atoms with Gasteiger partial charge in [-0.1, -0.05) is 18.2 Å². The van der Waals surface area contributed by atoms with E-state index in [1.54, 1.807) is 37.3 Å². The summed E-state index contributed by atoms with van der Waals surface area (Å²) >= 11 is 3.34. The van der Waals surface area contributed by atoms with Crippen LogP contribution in [0.3, 0.4) is 0 Å². The highest BCUT2D eigenvalue weighted by atomic mass is 79.9. The predicted molar refractivity (Wildman–Crippen MR) is 83.0 cm³/mol. The number of nitrogens with one attached hydrogen (secondary N) is 1. The molecule has 110 valence electrons. The molecule has 0 spiro atoms. The number of methoxy groups -OCH3 is 1. The monoisotopic (exact) mass is 351 g/mol. The molecule has 1 amide bonds. The Morgan fingerprint density at radius 2 is 2.00 bits per heavy atom. The van der Waals surface area contributed by atoms with Gasteiger partial charge in [0, 0.05) is 4.47 Å². The lowest BCUT2D eigenvalue weighted by atomic mass is 10.1. The lowest BCUT2D eigenvalue weighted by molar-refractivity contribution is 0.0939. The number of hydrogen-bond acceptors (Lipinski definition) is 2. The molecule has 2 aromatic carbocycles. The fourth-order valence-electron chi connectivity index (χ4n) is 1.96. The zero-order valence-corrected chi connectivity index (χ0v) is 13.3. The molecule has 2 rings (SSSR count). The number of halogens is 2. The minimum absolute atomic E-state index is 0.183. The van der Waals surface area contributed by atoms with Gasteiger partial charge in [-0.05, 0) is 52.7 Å². The summed E-state index contributed by atoms with van der Waals surface area (Å²) in [5, 5.41) is 2.84. The summed E-state index contributed by atoms with van der Waals surface area (Å²) in [4.78, 5) is 12.2. The largest absolute Gasteiger partial charge is 0.494 e. The number of hydrogen-bond donors (Lipinski definition) is 1. The van der Waals surface area contributed by atoms with Gasteiger partial charge in [-0.25, -0.2) is 4.39 Å². The van der Waals surface area contributed by atoms with Crippen molar-refractivity contribution < 1.29 is 13.9 Å². The fourth-order valence-corrected chi connectivity index (χ4v) is 2.42. The van der Waals surface area contributed by atoms with Crippen molar-refractivity contribution in [1.82, 2.24) is 5.32 Å². The average molecular weight is 352 g/mol. The Bertz CT molecular complexity index is 660. The van der Waals surface area contributed by atoms with Gasteiger partial charge in [-0.2, -0.15) is 0 Å². The van der Waals surface area contributed by atoms with Crippen LogP contribution in [0.1, 0.15) is 28.9 Å². The maximum Gasteiger partial charge on any atom is 0.252 e. The van der Waals surface area contributed by atoms with E-state index in [4.69, 9.17) is 4.74 Å². The summed E-state index contributed by atoms with van der Waals surface area (Å²) in [6.07, 6.45) is 0. The number of amides is 1. The van der Waals surface area contributed by atoms with Crippen LogP contribution in [0.4, 0.5) is 4.39 Å². The summed E-state index contributed by atoms with van der Waals surface area (Å²) in [5.74, 6) is -0.480. The van der Waals surface area contributed by atoms with Crippen molar-refractivity contribution >= 4 is 21.8 Å². The Balaban J connectivity index is 2.14. The molecule has 0 heterocycles. The smallest absolute Gasteiger partial charge is 0.252 e. The third-order valence-corrected chi connectivity index (χ3v) is 3.83. The lowest BCUT2D eigenvalue weighted by Crippen LogP contribution is -2.27. The predicted octanol–water partition coefficient (Wildman–Crippen LogP) is 4.09. The van der Waals surface area contributed by atoms with Gasteiger partial charge in [0.1, 0.15) is 0 Å². The van der Waals surface area contributed by atoms with E-state index in [0.29, 0.717) is 11.1 Å². The third kappa shape index (κ3) is 3.61. The van der Waals surface area contributed by atoms with Gasteiger partial charge in [0.15, 0.2) is 11.6 Å². The molecule has 0 saturated carbocycles. The van der Waals surface area contributed by atoms with Crippen molar-refractivity contribution in [2.24, 2.45) is 0 Å². The molecule has 1 N–H and O–H groups in total. The number of benzene rings is 2. The maximum atomic E-state index is 13.7. The van der Waals surface area contributed by atoms with Crippen molar-refractivity contribution in [1.29, 1.82) is 0 Å². The van der Waals surface area contributed by atoms with E-state index in [9.17, 15) is 9.18 Å². The molecule has 2 aromatic rings. The Labute approximate surface area is 131 Å². The van der Waals surface area contributed by atoms with Crippen LogP contribution < -0.4 is 10.1 Å². The van der Waals surface area contributed by atoms with Gasteiger partial charge in [0.2, 0.25) is 0 Å². The van der Waals surface area contributed by atoms with Crippen LogP contribution in [-0.2, 0) is 0 Å². The van der Waals surface area contributed by atoms with Crippen LogP contribution >= 0.6 is 15.9 Å². The van der Waals surface area contributed by atoms with E-state index in [1.165, 1.54) is 13.2 Å². The molecule has 21 heavy (non-hydrogen) atoms. The normalized spacial score (nSPS) is 11.8. The molecule has 0 bridgehead atoms. The SMILES string of the molecule is COc1ccc(C(C)NC(=O)c2ccccc2Br)cc1F. The van der Waals surface area contributed by atoms with E-state index in [1.807, 2.05) is 6.07 Å². The minimum Gasteiger partial charge on any atom is -0.494 e. The Kier molecular flexibility index (Phi) is 4.96. The zero-order valence-electron chi connectivity index (χ0n) is 11.7. The van der Waals surface area contributed by atoms with Crippen LogP contribution in [0.15, 0.2) is 46.9 Å². The summed E-state index contributed by atoms with van der Waals surface area (Å²) in [5.41, 5.74) is 1.21. The second-order valence-electron chi connectivity index (χ2n) is 4.57. The molecule has 1 atom stereocenters. The molecule has 0 fully saturated rings. The molecule has 0 aliphatic carbocycles. The Morgan fingerprint density at radius 1 is 1.29 bits per heavy atom. The number of ether oxygens (including phenoxy) is 1. The van der Waals surface area contributed by atoms with Crippen LogP contribution in [0.2, 0.25) is 0 Å². The molecule has 0 radical (unpaired) electrons. The van der Waals surface area contributed by atoms with Crippen molar-refractivity contribution in [3.63, 3.8) is 0 Å². The second-order valence-corrected chi connectivity index (χ2v) is 5.42. The number of carbonyl (C=O) groups excluding carboxylic acids is 1. The van der Waals surface area contributed by atoms with E-state index >= 15 is 0 Å². The summed E-state index contributed by atoms with van der Waals surface area (Å²) in [7, 11) is 1.41. The quantitative estimate of drug-likeness (QED) is 0.900. The second kappa shape index (κ2) is 6.72. The van der Waals surface area contributed by atoms with Crippen molar-refractivity contribution in [3.8, 4) is 5.75 Å². The first-order valence-electron chi connectivity index (χ1n) is 6.41. The molecule has 0 aliphatic heterocycles. The highest BCUT2D eigenvalue weighted by Gasteiger charge is 2.15. The molecular weight excluding hydrogens is 337 g/mol. The summed E-state index contributed by atoms with van der Waals surface area (Å²) in [6.45, 7) is 1.80. The standard InChI is InChI=1S/C16H15BrFNO2/c1-10(11-7-8-15(21-2)14(18)9-11)19-16(20)12-5-3-4-6-13(12)17/h3-10H,1-2H3,(H,19,20). The van der Waals surface area contributed by atoms with Gasteiger partial charge in [-0.3, -0.25) is 4.79 Å². The molecule has 1 unspecified atom stereocenters. The first kappa shape index (κ1) is 15.5. The van der Waals surface area contributed by atoms with Crippen molar-refractivity contribution in [2.75, 3.05) is 7.11 Å². The van der Waals surface area contributed by atoms with Gasteiger partial charge in [0.25, 0.3) is 5.91 Å². The highest BCUT2D eigenvalue weighted by molar-refractivity contribution is 9.10. The molecule has 5 heteroatoms. The highest BCUT2D eigenvalue weighted by Crippen LogP contribution is 2.22. The summed E-state index contributed by atoms with van der Waals surface area (Å²) < 4.78 is 19.3. The maximum absolute atomic E-state index is 13.7. The average Bonchev–Trinajstić information content (AvgIpc) is 2.47. The fraction of sp³-hybridized carbons (Fsp3) is 0.188. The van der Waals surface area contributed by atoms with E-state index < -0.39 is 5.82 Å². The molecule has 0 aromatic heterocycles.